The fraction of sp³-hybridized carbons (Fsp3) is 0.0588. The van der Waals surface area contributed by atoms with Crippen molar-refractivity contribution < 1.29 is 4.79 Å². The molecule has 0 saturated heterocycles. The van der Waals surface area contributed by atoms with E-state index in [-0.39, 0.29) is 5.91 Å². The van der Waals surface area contributed by atoms with Gasteiger partial charge in [0, 0.05) is 23.0 Å². The van der Waals surface area contributed by atoms with Crippen LogP contribution < -0.4 is 5.32 Å². The van der Waals surface area contributed by atoms with Crippen LogP contribution in [0.3, 0.4) is 0 Å². The number of aryl methyl sites for hydroxylation is 1. The number of nitrogens with zero attached hydrogens (tertiary/aromatic N) is 1. The summed E-state index contributed by atoms with van der Waals surface area (Å²) in [6.45, 7) is 1.89. The van der Waals surface area contributed by atoms with Crippen LogP contribution in [0.1, 0.15) is 16.2 Å². The highest BCUT2D eigenvalue weighted by Gasteiger charge is 2.09. The molecule has 22 heavy (non-hydrogen) atoms. The number of anilines is 1. The highest BCUT2D eigenvalue weighted by atomic mass is 16.1. The van der Waals surface area contributed by atoms with Gasteiger partial charge in [0.05, 0.1) is 11.0 Å². The zero-order valence-electron chi connectivity index (χ0n) is 12.0. The molecule has 0 radical (unpaired) electrons. The van der Waals surface area contributed by atoms with Crippen molar-refractivity contribution in [3.05, 3.63) is 60.0 Å². The van der Waals surface area contributed by atoms with Crippen LogP contribution >= 0.6 is 0 Å². The summed E-state index contributed by atoms with van der Waals surface area (Å²) < 4.78 is 0. The standard InChI is InChI=1S/C17H14N4O/c1-10-19-14-5-3-12(8-16(14)20-10)17(22)21-13-4-2-11-6-7-18-15(11)9-13/h2-9,18H,1H3,(H,19,20)(H,21,22). The Morgan fingerprint density at radius 1 is 1.09 bits per heavy atom. The Morgan fingerprint density at radius 2 is 2.00 bits per heavy atom. The third-order valence-electron chi connectivity index (χ3n) is 3.68. The van der Waals surface area contributed by atoms with Gasteiger partial charge in [0.2, 0.25) is 0 Å². The molecule has 4 aromatic rings. The highest BCUT2D eigenvalue weighted by Crippen LogP contribution is 2.19. The molecular weight excluding hydrogens is 276 g/mol. The van der Waals surface area contributed by atoms with E-state index in [1.807, 2.05) is 49.5 Å². The minimum absolute atomic E-state index is 0.139. The van der Waals surface area contributed by atoms with Gasteiger partial charge in [-0.15, -0.1) is 0 Å². The van der Waals surface area contributed by atoms with Crippen LogP contribution in [0.4, 0.5) is 5.69 Å². The number of nitrogens with one attached hydrogen (secondary N) is 3. The third-order valence-corrected chi connectivity index (χ3v) is 3.68. The fourth-order valence-electron chi connectivity index (χ4n) is 2.61. The summed E-state index contributed by atoms with van der Waals surface area (Å²) in [5.74, 6) is 0.699. The fourth-order valence-corrected chi connectivity index (χ4v) is 2.61. The van der Waals surface area contributed by atoms with Gasteiger partial charge in [-0.1, -0.05) is 6.07 Å². The third kappa shape index (κ3) is 2.13. The summed E-state index contributed by atoms with van der Waals surface area (Å²) in [6, 6.07) is 13.2. The Hall–Kier alpha value is -3.08. The Balaban J connectivity index is 1.64. The number of imidazole rings is 1. The van der Waals surface area contributed by atoms with E-state index in [9.17, 15) is 4.79 Å². The first-order chi connectivity index (χ1) is 10.7. The number of amides is 1. The molecule has 0 fully saturated rings. The van der Waals surface area contributed by atoms with Crippen molar-refractivity contribution in [1.82, 2.24) is 15.0 Å². The van der Waals surface area contributed by atoms with Gasteiger partial charge in [0.1, 0.15) is 5.82 Å². The monoisotopic (exact) mass is 290 g/mol. The summed E-state index contributed by atoms with van der Waals surface area (Å²) in [5.41, 5.74) is 4.09. The topological polar surface area (TPSA) is 73.6 Å². The van der Waals surface area contributed by atoms with Crippen LogP contribution in [0.25, 0.3) is 21.9 Å². The molecule has 0 atom stereocenters. The average molecular weight is 290 g/mol. The van der Waals surface area contributed by atoms with Gasteiger partial charge in [-0.05, 0) is 48.7 Å². The number of H-pyrrole nitrogens is 2. The zero-order chi connectivity index (χ0) is 15.1. The van der Waals surface area contributed by atoms with Gasteiger partial charge < -0.3 is 15.3 Å². The van der Waals surface area contributed by atoms with Crippen LogP contribution in [0.2, 0.25) is 0 Å². The van der Waals surface area contributed by atoms with Crippen molar-refractivity contribution in [2.24, 2.45) is 0 Å². The summed E-state index contributed by atoms with van der Waals surface area (Å²) >= 11 is 0. The second kappa shape index (κ2) is 4.73. The van der Waals surface area contributed by atoms with Crippen LogP contribution in [0.15, 0.2) is 48.7 Å². The number of aromatic nitrogens is 3. The Labute approximate surface area is 126 Å². The van der Waals surface area contributed by atoms with Crippen molar-refractivity contribution in [1.29, 1.82) is 0 Å². The van der Waals surface area contributed by atoms with Gasteiger partial charge in [-0.25, -0.2) is 4.98 Å². The molecule has 0 saturated carbocycles. The lowest BCUT2D eigenvalue weighted by Gasteiger charge is -2.05. The van der Waals surface area contributed by atoms with Crippen LogP contribution in [-0.4, -0.2) is 20.9 Å². The van der Waals surface area contributed by atoms with Crippen molar-refractivity contribution >= 4 is 33.5 Å². The number of carbonyl (C=O) groups is 1. The predicted octanol–water partition coefficient (Wildman–Crippen LogP) is 3.60. The number of aromatic amines is 2. The number of hydrogen-bond acceptors (Lipinski definition) is 2. The van der Waals surface area contributed by atoms with Crippen molar-refractivity contribution in [2.75, 3.05) is 5.32 Å². The molecule has 0 aliphatic rings. The number of carbonyl (C=O) groups excluding carboxylic acids is 1. The Bertz CT molecular complexity index is 996. The van der Waals surface area contributed by atoms with E-state index in [2.05, 4.69) is 20.3 Å². The maximum absolute atomic E-state index is 12.4. The molecule has 3 N–H and O–H groups in total. The lowest BCUT2D eigenvalue weighted by Crippen LogP contribution is -2.11. The maximum atomic E-state index is 12.4. The second-order valence-electron chi connectivity index (χ2n) is 5.29. The van der Waals surface area contributed by atoms with E-state index in [0.29, 0.717) is 5.56 Å². The Kier molecular flexibility index (Phi) is 2.72. The van der Waals surface area contributed by atoms with Crippen LogP contribution in [-0.2, 0) is 0 Å². The van der Waals surface area contributed by atoms with Crippen molar-refractivity contribution in [3.63, 3.8) is 0 Å². The molecule has 108 valence electrons. The normalized spacial score (nSPS) is 11.1. The molecule has 2 aromatic carbocycles. The van der Waals surface area contributed by atoms with Gasteiger partial charge in [-0.2, -0.15) is 0 Å². The largest absolute Gasteiger partial charge is 0.361 e. The predicted molar refractivity (Wildman–Crippen MR) is 87.1 cm³/mol. The molecule has 0 unspecified atom stereocenters. The van der Waals surface area contributed by atoms with Crippen molar-refractivity contribution in [2.45, 2.75) is 6.92 Å². The zero-order valence-corrected chi connectivity index (χ0v) is 12.0. The van der Waals surface area contributed by atoms with E-state index in [0.717, 1.165) is 33.4 Å². The molecule has 0 bridgehead atoms. The number of hydrogen-bond donors (Lipinski definition) is 3. The maximum Gasteiger partial charge on any atom is 0.255 e. The lowest BCUT2D eigenvalue weighted by molar-refractivity contribution is 0.102. The van der Waals surface area contributed by atoms with E-state index in [1.54, 1.807) is 6.07 Å². The van der Waals surface area contributed by atoms with Gasteiger partial charge in [0.15, 0.2) is 0 Å². The molecule has 1 amide bonds. The summed E-state index contributed by atoms with van der Waals surface area (Å²) in [5, 5.41) is 4.04. The molecular formula is C17H14N4O. The smallest absolute Gasteiger partial charge is 0.255 e. The Morgan fingerprint density at radius 3 is 2.91 bits per heavy atom. The number of benzene rings is 2. The second-order valence-corrected chi connectivity index (χ2v) is 5.29. The molecule has 0 spiro atoms. The van der Waals surface area contributed by atoms with Crippen LogP contribution in [0.5, 0.6) is 0 Å². The molecule has 4 rings (SSSR count). The van der Waals surface area contributed by atoms with Gasteiger partial charge >= 0.3 is 0 Å². The molecule has 2 aromatic heterocycles. The van der Waals surface area contributed by atoms with E-state index in [4.69, 9.17) is 0 Å². The minimum Gasteiger partial charge on any atom is -0.361 e. The number of rotatable bonds is 2. The van der Waals surface area contributed by atoms with Crippen LogP contribution in [0, 0.1) is 6.92 Å². The first kappa shape index (κ1) is 12.6. The molecule has 0 aliphatic heterocycles. The van der Waals surface area contributed by atoms with Gasteiger partial charge in [0.25, 0.3) is 5.91 Å². The molecule has 2 heterocycles. The average Bonchev–Trinajstić information content (AvgIpc) is 3.10. The SMILES string of the molecule is Cc1nc2ccc(C(=O)Nc3ccc4cc[nH]c4c3)cc2[nH]1. The summed E-state index contributed by atoms with van der Waals surface area (Å²) in [7, 11) is 0. The molecule has 5 nitrogen and oxygen atoms in total. The van der Waals surface area contributed by atoms with E-state index >= 15 is 0 Å². The number of fused-ring (bicyclic) bond motifs is 2. The summed E-state index contributed by atoms with van der Waals surface area (Å²) in [4.78, 5) is 23.0. The molecule has 5 heteroatoms. The highest BCUT2D eigenvalue weighted by molar-refractivity contribution is 6.06. The van der Waals surface area contributed by atoms with E-state index < -0.39 is 0 Å². The summed E-state index contributed by atoms with van der Waals surface area (Å²) in [6.07, 6.45) is 1.88. The van der Waals surface area contributed by atoms with Gasteiger partial charge in [-0.3, -0.25) is 4.79 Å². The first-order valence-electron chi connectivity index (χ1n) is 7.04. The van der Waals surface area contributed by atoms with Crippen molar-refractivity contribution in [3.8, 4) is 0 Å². The quantitative estimate of drug-likeness (QED) is 0.527. The lowest BCUT2D eigenvalue weighted by atomic mass is 10.1. The minimum atomic E-state index is -0.139. The van der Waals surface area contributed by atoms with E-state index in [1.165, 1.54) is 0 Å². The molecule has 0 aliphatic carbocycles. The first-order valence-corrected chi connectivity index (χ1v) is 7.04.